The van der Waals surface area contributed by atoms with E-state index in [-0.39, 0.29) is 6.04 Å². The summed E-state index contributed by atoms with van der Waals surface area (Å²) >= 11 is 0. The van der Waals surface area contributed by atoms with E-state index < -0.39 is 0 Å². The molecule has 0 bridgehead atoms. The summed E-state index contributed by atoms with van der Waals surface area (Å²) in [7, 11) is 0. The van der Waals surface area contributed by atoms with Crippen LogP contribution < -0.4 is 10.6 Å². The van der Waals surface area contributed by atoms with Gasteiger partial charge in [0.25, 0.3) is 0 Å². The Morgan fingerprint density at radius 2 is 2.10 bits per heavy atom. The third kappa shape index (κ3) is 2.82. The highest BCUT2D eigenvalue weighted by atomic mass is 16.4. The Kier molecular flexibility index (Phi) is 3.69. The van der Waals surface area contributed by atoms with Crippen molar-refractivity contribution in [3.05, 3.63) is 41.8 Å². The highest BCUT2D eigenvalue weighted by Crippen LogP contribution is 2.42. The molecule has 106 valence electrons. The number of nitrogens with one attached hydrogen (secondary N) is 2. The highest BCUT2D eigenvalue weighted by molar-refractivity contribution is 5.35. The van der Waals surface area contributed by atoms with Crippen molar-refractivity contribution in [1.29, 1.82) is 0 Å². The number of hydrogen-bond acceptors (Lipinski definition) is 5. The molecule has 0 aliphatic heterocycles. The zero-order valence-corrected chi connectivity index (χ0v) is 11.8. The van der Waals surface area contributed by atoms with Crippen molar-refractivity contribution in [1.82, 2.24) is 15.5 Å². The van der Waals surface area contributed by atoms with Crippen LogP contribution in [0, 0.1) is 0 Å². The van der Waals surface area contributed by atoms with Gasteiger partial charge in [-0.1, -0.05) is 42.4 Å². The van der Waals surface area contributed by atoms with Crippen molar-refractivity contribution in [2.75, 3.05) is 11.9 Å². The van der Waals surface area contributed by atoms with E-state index in [0.717, 1.165) is 13.0 Å². The molecule has 1 saturated carbocycles. The molecule has 0 amide bonds. The Morgan fingerprint density at radius 1 is 1.30 bits per heavy atom. The second kappa shape index (κ2) is 5.63. The van der Waals surface area contributed by atoms with E-state index in [0.29, 0.717) is 23.9 Å². The van der Waals surface area contributed by atoms with Crippen molar-refractivity contribution in [3.63, 3.8) is 0 Å². The monoisotopic (exact) mass is 272 g/mol. The van der Waals surface area contributed by atoms with Gasteiger partial charge in [-0.05, 0) is 25.5 Å². The van der Waals surface area contributed by atoms with Gasteiger partial charge in [-0.3, -0.25) is 0 Å². The summed E-state index contributed by atoms with van der Waals surface area (Å²) in [5.41, 5.74) is 1.37. The minimum Gasteiger partial charge on any atom is -0.406 e. The number of hydrogen-bond donors (Lipinski definition) is 2. The maximum Gasteiger partial charge on any atom is 0.315 e. The first-order valence-electron chi connectivity index (χ1n) is 7.16. The second-order valence-electron chi connectivity index (χ2n) is 5.23. The molecule has 2 N–H and O–H groups in total. The molecule has 1 heterocycles. The summed E-state index contributed by atoms with van der Waals surface area (Å²) in [6, 6.07) is 11.5. The van der Waals surface area contributed by atoms with Gasteiger partial charge in [0.15, 0.2) is 0 Å². The Balaban J connectivity index is 1.58. The Labute approximate surface area is 118 Å². The van der Waals surface area contributed by atoms with Gasteiger partial charge in [0, 0.05) is 12.0 Å². The smallest absolute Gasteiger partial charge is 0.315 e. The molecule has 1 aliphatic rings. The van der Waals surface area contributed by atoms with Crippen molar-refractivity contribution >= 4 is 6.01 Å². The van der Waals surface area contributed by atoms with Crippen LogP contribution in [-0.2, 0) is 0 Å². The lowest BCUT2D eigenvalue weighted by Crippen LogP contribution is -2.17. The first kappa shape index (κ1) is 13.1. The zero-order valence-electron chi connectivity index (χ0n) is 11.8. The number of nitrogens with zero attached hydrogens (tertiary/aromatic N) is 2. The van der Waals surface area contributed by atoms with Gasteiger partial charge in [0.1, 0.15) is 0 Å². The predicted molar refractivity (Wildman–Crippen MR) is 77.6 cm³/mol. The molecule has 3 atom stereocenters. The average Bonchev–Trinajstić information content (AvgIpc) is 3.07. The summed E-state index contributed by atoms with van der Waals surface area (Å²) in [5.74, 6) is 1.18. The van der Waals surface area contributed by atoms with Gasteiger partial charge in [-0.25, -0.2) is 0 Å². The van der Waals surface area contributed by atoms with Gasteiger partial charge in [-0.15, -0.1) is 5.10 Å². The van der Waals surface area contributed by atoms with Crippen LogP contribution in [0.5, 0.6) is 0 Å². The third-order valence-electron chi connectivity index (χ3n) is 3.65. The zero-order chi connectivity index (χ0) is 13.9. The molecule has 1 fully saturated rings. The van der Waals surface area contributed by atoms with Crippen LogP contribution in [0.3, 0.4) is 0 Å². The Morgan fingerprint density at radius 3 is 2.85 bits per heavy atom. The van der Waals surface area contributed by atoms with Crippen molar-refractivity contribution < 1.29 is 4.42 Å². The maximum atomic E-state index is 5.64. The molecule has 1 aromatic carbocycles. The minimum absolute atomic E-state index is 0.0900. The predicted octanol–water partition coefficient (Wildman–Crippen LogP) is 2.71. The third-order valence-corrected chi connectivity index (χ3v) is 3.65. The van der Waals surface area contributed by atoms with Gasteiger partial charge in [-0.2, -0.15) is 0 Å². The molecule has 3 rings (SSSR count). The van der Waals surface area contributed by atoms with E-state index in [4.69, 9.17) is 4.42 Å². The van der Waals surface area contributed by atoms with Crippen molar-refractivity contribution in [2.24, 2.45) is 0 Å². The number of rotatable bonds is 6. The molecule has 20 heavy (non-hydrogen) atoms. The van der Waals surface area contributed by atoms with Gasteiger partial charge in [0.05, 0.1) is 6.04 Å². The number of aromatic nitrogens is 2. The van der Waals surface area contributed by atoms with Crippen LogP contribution in [-0.4, -0.2) is 22.8 Å². The molecule has 5 nitrogen and oxygen atoms in total. The first-order valence-corrected chi connectivity index (χ1v) is 7.16. The van der Waals surface area contributed by atoms with Crippen LogP contribution in [0.1, 0.15) is 43.7 Å². The fourth-order valence-electron chi connectivity index (χ4n) is 2.44. The lowest BCUT2D eigenvalue weighted by molar-refractivity contribution is 0.428. The SMILES string of the molecule is CCNC(C)c1nnc(NC2CC2c2ccccc2)o1. The molecule has 2 aromatic rings. The van der Waals surface area contributed by atoms with E-state index >= 15 is 0 Å². The summed E-state index contributed by atoms with van der Waals surface area (Å²) in [5, 5.41) is 14.7. The molecule has 0 saturated heterocycles. The largest absolute Gasteiger partial charge is 0.406 e. The topological polar surface area (TPSA) is 63.0 Å². The van der Waals surface area contributed by atoms with Crippen molar-refractivity contribution in [3.8, 4) is 0 Å². The molecule has 0 spiro atoms. The van der Waals surface area contributed by atoms with Gasteiger partial charge in [0.2, 0.25) is 5.89 Å². The van der Waals surface area contributed by atoms with E-state index in [1.807, 2.05) is 13.0 Å². The van der Waals surface area contributed by atoms with Crippen LogP contribution in [0.4, 0.5) is 6.01 Å². The van der Waals surface area contributed by atoms with Crippen LogP contribution >= 0.6 is 0 Å². The fraction of sp³-hybridized carbons (Fsp3) is 0.467. The molecular weight excluding hydrogens is 252 g/mol. The molecule has 1 aromatic heterocycles. The lowest BCUT2D eigenvalue weighted by atomic mass is 10.1. The Hall–Kier alpha value is -1.88. The minimum atomic E-state index is 0.0900. The highest BCUT2D eigenvalue weighted by Gasteiger charge is 2.39. The van der Waals surface area contributed by atoms with E-state index in [1.54, 1.807) is 0 Å². The number of anilines is 1. The number of benzene rings is 1. The standard InChI is InChI=1S/C15H20N4O/c1-3-16-10(2)14-18-19-15(20-14)17-13-9-12(13)11-7-5-4-6-8-11/h4-8,10,12-13,16H,3,9H2,1-2H3,(H,17,19). The first-order chi connectivity index (χ1) is 9.78. The lowest BCUT2D eigenvalue weighted by Gasteiger charge is -2.06. The van der Waals surface area contributed by atoms with Crippen LogP contribution in [0.25, 0.3) is 0 Å². The molecule has 3 unspecified atom stereocenters. The van der Waals surface area contributed by atoms with Crippen molar-refractivity contribution in [2.45, 2.75) is 38.3 Å². The van der Waals surface area contributed by atoms with E-state index in [2.05, 4.69) is 52.0 Å². The summed E-state index contributed by atoms with van der Waals surface area (Å²) in [4.78, 5) is 0. The Bertz CT molecular complexity index is 554. The van der Waals surface area contributed by atoms with E-state index in [9.17, 15) is 0 Å². The molecule has 0 radical (unpaired) electrons. The quantitative estimate of drug-likeness (QED) is 0.846. The van der Waals surface area contributed by atoms with Gasteiger partial charge >= 0.3 is 6.01 Å². The summed E-state index contributed by atoms with van der Waals surface area (Å²) in [6.45, 7) is 4.95. The van der Waals surface area contributed by atoms with Crippen LogP contribution in [0.2, 0.25) is 0 Å². The molecule has 5 heteroatoms. The fourth-order valence-corrected chi connectivity index (χ4v) is 2.44. The average molecular weight is 272 g/mol. The van der Waals surface area contributed by atoms with Gasteiger partial charge < -0.3 is 15.1 Å². The van der Waals surface area contributed by atoms with E-state index in [1.165, 1.54) is 5.56 Å². The molecular formula is C15H20N4O. The molecule has 1 aliphatic carbocycles. The second-order valence-corrected chi connectivity index (χ2v) is 5.23. The summed E-state index contributed by atoms with van der Waals surface area (Å²) in [6.07, 6.45) is 1.12. The normalized spacial score (nSPS) is 22.5. The summed E-state index contributed by atoms with van der Waals surface area (Å²) < 4.78 is 5.64. The maximum absolute atomic E-state index is 5.64. The van der Waals surface area contributed by atoms with Crippen LogP contribution in [0.15, 0.2) is 34.7 Å².